The topological polar surface area (TPSA) is 43.7 Å². The third kappa shape index (κ3) is 4.94. The van der Waals surface area contributed by atoms with Crippen LogP contribution in [0, 0.1) is 0 Å². The van der Waals surface area contributed by atoms with Crippen LogP contribution >= 0.6 is 0 Å². The summed E-state index contributed by atoms with van der Waals surface area (Å²) in [4.78, 5) is 2.25. The first-order valence-corrected chi connectivity index (χ1v) is 11.5. The molecule has 5 rings (SSSR count). The van der Waals surface area contributed by atoms with Crippen LogP contribution in [0.25, 0.3) is 11.6 Å². The van der Waals surface area contributed by atoms with Crippen LogP contribution in [0.3, 0.4) is 0 Å². The van der Waals surface area contributed by atoms with Gasteiger partial charge in [-0.3, -0.25) is 0 Å². The van der Waals surface area contributed by atoms with Gasteiger partial charge < -0.3 is 15.1 Å². The van der Waals surface area contributed by atoms with Gasteiger partial charge in [-0.2, -0.15) is 0 Å². The molecule has 2 N–H and O–H groups in total. The molecule has 0 aliphatic rings. The van der Waals surface area contributed by atoms with Gasteiger partial charge in [0.1, 0.15) is 11.5 Å². The smallest absolute Gasteiger partial charge is 0.115 e. The summed E-state index contributed by atoms with van der Waals surface area (Å²) in [5.41, 5.74) is 7.13. The number of phenolic OH excluding ortho intramolecular Hbond substituents is 2. The van der Waals surface area contributed by atoms with Crippen LogP contribution in [0.15, 0.2) is 133 Å². The molecular weight excluding hydrogens is 430 g/mol. The highest BCUT2D eigenvalue weighted by molar-refractivity contribution is 5.95. The van der Waals surface area contributed by atoms with Gasteiger partial charge in [-0.15, -0.1) is 0 Å². The third-order valence-corrected chi connectivity index (χ3v) is 5.86. The zero-order valence-electron chi connectivity index (χ0n) is 19.1. The number of anilines is 3. The molecule has 3 nitrogen and oxygen atoms in total. The van der Waals surface area contributed by atoms with Gasteiger partial charge in [-0.25, -0.2) is 0 Å². The Morgan fingerprint density at radius 2 is 0.914 bits per heavy atom. The molecule has 0 fully saturated rings. The van der Waals surface area contributed by atoms with E-state index in [0.29, 0.717) is 0 Å². The van der Waals surface area contributed by atoms with E-state index < -0.39 is 0 Å². The Labute approximate surface area is 205 Å². The van der Waals surface area contributed by atoms with E-state index in [1.807, 2.05) is 72.8 Å². The Morgan fingerprint density at radius 1 is 0.486 bits per heavy atom. The maximum atomic E-state index is 9.84. The van der Waals surface area contributed by atoms with Gasteiger partial charge in [-0.1, -0.05) is 78.9 Å². The Balaban J connectivity index is 1.71. The first kappa shape index (κ1) is 22.1. The molecule has 0 spiro atoms. The number of hydrogen-bond donors (Lipinski definition) is 2. The number of nitrogens with zero attached hydrogens (tertiary/aromatic N) is 1. The molecule has 170 valence electrons. The molecule has 35 heavy (non-hydrogen) atoms. The number of benzene rings is 5. The summed E-state index contributed by atoms with van der Waals surface area (Å²) in [6, 6.07) is 43.3. The van der Waals surface area contributed by atoms with E-state index in [9.17, 15) is 10.2 Å². The number of phenols is 2. The number of rotatable bonds is 6. The largest absolute Gasteiger partial charge is 0.508 e. The molecule has 0 aromatic heterocycles. The van der Waals surface area contributed by atoms with E-state index in [1.165, 1.54) is 0 Å². The second-order valence-electron chi connectivity index (χ2n) is 8.22. The first-order valence-electron chi connectivity index (χ1n) is 11.5. The fraction of sp³-hybridized carbons (Fsp3) is 0. The minimum absolute atomic E-state index is 0.221. The van der Waals surface area contributed by atoms with E-state index in [4.69, 9.17) is 0 Å². The molecule has 0 saturated heterocycles. The summed E-state index contributed by atoms with van der Waals surface area (Å²) < 4.78 is 0. The molecule has 0 radical (unpaired) electrons. The maximum absolute atomic E-state index is 9.84. The monoisotopic (exact) mass is 455 g/mol. The van der Waals surface area contributed by atoms with Crippen LogP contribution in [0.2, 0.25) is 0 Å². The summed E-state index contributed by atoms with van der Waals surface area (Å²) in [6.45, 7) is 0. The van der Waals surface area contributed by atoms with Crippen LogP contribution in [-0.4, -0.2) is 10.2 Å². The maximum Gasteiger partial charge on any atom is 0.115 e. The highest BCUT2D eigenvalue weighted by Crippen LogP contribution is 2.38. The van der Waals surface area contributed by atoms with Gasteiger partial charge in [0.25, 0.3) is 0 Å². The molecule has 3 heteroatoms. The van der Waals surface area contributed by atoms with Crippen molar-refractivity contribution in [3.8, 4) is 11.5 Å². The summed E-state index contributed by atoms with van der Waals surface area (Å²) in [7, 11) is 0. The fourth-order valence-electron chi connectivity index (χ4n) is 4.17. The second-order valence-corrected chi connectivity index (χ2v) is 8.22. The normalized spacial score (nSPS) is 10.5. The standard InChI is InChI=1S/C32H25NO2/c34-29-19-15-24(16-20-29)31(25-17-21-30(35)22-18-25)23-26-9-7-8-14-32(26)33(27-10-3-1-4-11-27)28-12-5-2-6-13-28/h1-23,34-35H. The minimum atomic E-state index is 0.221. The molecule has 0 saturated carbocycles. The number of para-hydroxylation sites is 3. The predicted octanol–water partition coefficient (Wildman–Crippen LogP) is 8.16. The molecule has 0 aliphatic carbocycles. The molecular formula is C32H25NO2. The van der Waals surface area contributed by atoms with Crippen molar-refractivity contribution in [1.29, 1.82) is 0 Å². The number of hydrogen-bond acceptors (Lipinski definition) is 3. The van der Waals surface area contributed by atoms with Crippen molar-refractivity contribution >= 4 is 28.7 Å². The Bertz CT molecular complexity index is 1340. The van der Waals surface area contributed by atoms with Gasteiger partial charge in [0, 0.05) is 11.4 Å². The van der Waals surface area contributed by atoms with E-state index >= 15 is 0 Å². The minimum Gasteiger partial charge on any atom is -0.508 e. The van der Waals surface area contributed by atoms with E-state index in [-0.39, 0.29) is 11.5 Å². The Morgan fingerprint density at radius 3 is 1.40 bits per heavy atom. The summed E-state index contributed by atoms with van der Waals surface area (Å²) in [5, 5.41) is 19.7. The van der Waals surface area contributed by atoms with E-state index in [2.05, 4.69) is 47.4 Å². The molecule has 5 aromatic carbocycles. The lowest BCUT2D eigenvalue weighted by molar-refractivity contribution is 0.475. The van der Waals surface area contributed by atoms with Crippen molar-refractivity contribution in [2.24, 2.45) is 0 Å². The van der Waals surface area contributed by atoms with Gasteiger partial charge in [-0.05, 0) is 82.9 Å². The first-order chi connectivity index (χ1) is 17.2. The van der Waals surface area contributed by atoms with Crippen LogP contribution in [0.5, 0.6) is 11.5 Å². The lowest BCUT2D eigenvalue weighted by atomic mass is 9.94. The summed E-state index contributed by atoms with van der Waals surface area (Å²) in [5.74, 6) is 0.442. The fourth-order valence-corrected chi connectivity index (χ4v) is 4.17. The predicted molar refractivity (Wildman–Crippen MR) is 144 cm³/mol. The quantitative estimate of drug-likeness (QED) is 0.254. The van der Waals surface area contributed by atoms with Gasteiger partial charge in [0.15, 0.2) is 0 Å². The molecule has 0 heterocycles. The highest BCUT2D eigenvalue weighted by Gasteiger charge is 2.16. The molecule has 0 bridgehead atoms. The second kappa shape index (κ2) is 10.0. The molecule has 0 amide bonds. The average molecular weight is 456 g/mol. The molecule has 0 unspecified atom stereocenters. The SMILES string of the molecule is Oc1ccc(C(=Cc2ccccc2N(c2ccccc2)c2ccccc2)c2ccc(O)cc2)cc1. The van der Waals surface area contributed by atoms with Crippen molar-refractivity contribution in [1.82, 2.24) is 0 Å². The third-order valence-electron chi connectivity index (χ3n) is 5.86. The van der Waals surface area contributed by atoms with Crippen molar-refractivity contribution in [3.63, 3.8) is 0 Å². The van der Waals surface area contributed by atoms with Crippen LogP contribution in [0.1, 0.15) is 16.7 Å². The van der Waals surface area contributed by atoms with Crippen molar-refractivity contribution in [2.45, 2.75) is 0 Å². The Hall–Kier alpha value is -4.76. The summed E-state index contributed by atoms with van der Waals surface area (Å²) in [6.07, 6.45) is 2.16. The highest BCUT2D eigenvalue weighted by atomic mass is 16.3. The molecule has 0 aliphatic heterocycles. The van der Waals surface area contributed by atoms with Gasteiger partial charge in [0.05, 0.1) is 5.69 Å². The summed E-state index contributed by atoms with van der Waals surface area (Å²) >= 11 is 0. The van der Waals surface area contributed by atoms with E-state index in [0.717, 1.165) is 39.3 Å². The number of aromatic hydroxyl groups is 2. The lowest BCUT2D eigenvalue weighted by Crippen LogP contribution is -2.11. The molecule has 0 atom stereocenters. The van der Waals surface area contributed by atoms with Gasteiger partial charge in [0.2, 0.25) is 0 Å². The van der Waals surface area contributed by atoms with Crippen LogP contribution in [0.4, 0.5) is 17.1 Å². The Kier molecular flexibility index (Phi) is 6.31. The van der Waals surface area contributed by atoms with Crippen molar-refractivity contribution in [3.05, 3.63) is 150 Å². The van der Waals surface area contributed by atoms with Crippen molar-refractivity contribution < 1.29 is 10.2 Å². The van der Waals surface area contributed by atoms with Crippen molar-refractivity contribution in [2.75, 3.05) is 4.90 Å². The van der Waals surface area contributed by atoms with Crippen LogP contribution < -0.4 is 4.90 Å². The van der Waals surface area contributed by atoms with Gasteiger partial charge >= 0.3 is 0 Å². The zero-order chi connectivity index (χ0) is 24.0. The van der Waals surface area contributed by atoms with Crippen LogP contribution in [-0.2, 0) is 0 Å². The average Bonchev–Trinajstić information content (AvgIpc) is 2.91. The molecule has 5 aromatic rings. The van der Waals surface area contributed by atoms with E-state index in [1.54, 1.807) is 24.3 Å². The lowest BCUT2D eigenvalue weighted by Gasteiger charge is -2.27. The zero-order valence-corrected chi connectivity index (χ0v) is 19.1.